The Labute approximate surface area is 72.3 Å². The van der Waals surface area contributed by atoms with Crippen molar-refractivity contribution < 1.29 is 0 Å². The second kappa shape index (κ2) is 2.98. The summed E-state index contributed by atoms with van der Waals surface area (Å²) in [6.45, 7) is 2.20. The maximum absolute atomic E-state index is 2.32. The van der Waals surface area contributed by atoms with Crippen LogP contribution in [0.15, 0.2) is 12.1 Å². The molecule has 0 saturated heterocycles. The molecule has 0 unspecified atom stereocenters. The third-order valence-corrected chi connectivity index (χ3v) is 3.68. The van der Waals surface area contributed by atoms with Crippen molar-refractivity contribution in [3.8, 4) is 0 Å². The summed E-state index contributed by atoms with van der Waals surface area (Å²) in [6, 6.07) is 4.56. The predicted octanol–water partition coefficient (Wildman–Crippen LogP) is 3.71. The first kappa shape index (κ1) is 7.35. The Morgan fingerprint density at radius 3 is 2.55 bits per heavy atom. The molecule has 1 aromatic rings. The monoisotopic (exact) mass is 166 g/mol. The van der Waals surface area contributed by atoms with Gasteiger partial charge >= 0.3 is 0 Å². The highest BCUT2D eigenvalue weighted by Crippen LogP contribution is 2.37. The molecular formula is C10H14S. The van der Waals surface area contributed by atoms with Gasteiger partial charge in [-0.3, -0.25) is 0 Å². The molecule has 0 aliphatic heterocycles. The van der Waals surface area contributed by atoms with Gasteiger partial charge in [-0.2, -0.15) is 0 Å². The summed E-state index contributed by atoms with van der Waals surface area (Å²) in [4.78, 5) is 3.09. The quantitative estimate of drug-likeness (QED) is 0.596. The Morgan fingerprint density at radius 1 is 1.27 bits per heavy atom. The maximum Gasteiger partial charge on any atom is 0.00790 e. The first-order valence-corrected chi connectivity index (χ1v) is 5.24. The van der Waals surface area contributed by atoms with Gasteiger partial charge in [0, 0.05) is 9.75 Å². The van der Waals surface area contributed by atoms with Gasteiger partial charge in [-0.25, -0.2) is 0 Å². The Bertz CT molecular complexity index is 231. The molecule has 1 heteroatoms. The molecule has 11 heavy (non-hydrogen) atoms. The van der Waals surface area contributed by atoms with Gasteiger partial charge in [-0.1, -0.05) is 12.8 Å². The van der Waals surface area contributed by atoms with E-state index in [2.05, 4.69) is 19.1 Å². The SMILES string of the molecule is Cc1ccc(C2CCCC2)s1. The Morgan fingerprint density at radius 2 is 2.00 bits per heavy atom. The fraction of sp³-hybridized carbons (Fsp3) is 0.600. The molecule has 0 nitrogen and oxygen atoms in total. The second-order valence-electron chi connectivity index (χ2n) is 3.43. The van der Waals surface area contributed by atoms with Crippen LogP contribution in [0.1, 0.15) is 41.4 Å². The van der Waals surface area contributed by atoms with E-state index in [0.29, 0.717) is 0 Å². The largest absolute Gasteiger partial charge is 0.145 e. The lowest BCUT2D eigenvalue weighted by Gasteiger charge is -2.03. The lowest BCUT2D eigenvalue weighted by molar-refractivity contribution is 0.738. The summed E-state index contributed by atoms with van der Waals surface area (Å²) in [5, 5.41) is 0. The zero-order valence-corrected chi connectivity index (χ0v) is 7.79. The highest BCUT2D eigenvalue weighted by molar-refractivity contribution is 7.12. The molecule has 0 amide bonds. The zero-order valence-electron chi connectivity index (χ0n) is 6.97. The van der Waals surface area contributed by atoms with E-state index in [0.717, 1.165) is 5.92 Å². The number of rotatable bonds is 1. The topological polar surface area (TPSA) is 0 Å². The van der Waals surface area contributed by atoms with Gasteiger partial charge < -0.3 is 0 Å². The number of thiophene rings is 1. The van der Waals surface area contributed by atoms with E-state index < -0.39 is 0 Å². The van der Waals surface area contributed by atoms with Crippen LogP contribution in [0.25, 0.3) is 0 Å². The Hall–Kier alpha value is -0.300. The molecule has 0 aromatic carbocycles. The lowest BCUT2D eigenvalue weighted by Crippen LogP contribution is -1.85. The first-order chi connectivity index (χ1) is 5.36. The van der Waals surface area contributed by atoms with Crippen LogP contribution >= 0.6 is 11.3 Å². The standard InChI is InChI=1S/C10H14S/c1-8-6-7-10(11-8)9-4-2-3-5-9/h6-7,9H,2-5H2,1H3. The minimum atomic E-state index is 0.911. The van der Waals surface area contributed by atoms with Crippen molar-refractivity contribution in [1.29, 1.82) is 0 Å². The average Bonchev–Trinajstić information content (AvgIpc) is 2.55. The van der Waals surface area contributed by atoms with Gasteiger partial charge in [0.05, 0.1) is 0 Å². The highest BCUT2D eigenvalue weighted by atomic mass is 32.1. The molecule has 1 aromatic heterocycles. The molecule has 1 heterocycles. The molecule has 60 valence electrons. The molecule has 1 aliphatic rings. The summed E-state index contributed by atoms with van der Waals surface area (Å²) in [6.07, 6.45) is 5.75. The van der Waals surface area contributed by atoms with Gasteiger partial charge in [0.15, 0.2) is 0 Å². The molecule has 1 saturated carbocycles. The van der Waals surface area contributed by atoms with Crippen molar-refractivity contribution in [1.82, 2.24) is 0 Å². The number of hydrogen-bond donors (Lipinski definition) is 0. The van der Waals surface area contributed by atoms with E-state index in [-0.39, 0.29) is 0 Å². The third-order valence-electron chi connectivity index (χ3n) is 2.52. The van der Waals surface area contributed by atoms with Crippen LogP contribution in [0.4, 0.5) is 0 Å². The molecule has 1 aliphatic carbocycles. The predicted molar refractivity (Wildman–Crippen MR) is 50.3 cm³/mol. The molecule has 0 N–H and O–H groups in total. The zero-order chi connectivity index (χ0) is 7.68. The average molecular weight is 166 g/mol. The molecule has 0 atom stereocenters. The summed E-state index contributed by atoms with van der Waals surface area (Å²) >= 11 is 1.98. The van der Waals surface area contributed by atoms with E-state index in [1.54, 1.807) is 4.88 Å². The minimum Gasteiger partial charge on any atom is -0.145 e. The third kappa shape index (κ3) is 1.48. The molecule has 0 spiro atoms. The van der Waals surface area contributed by atoms with Gasteiger partial charge in [0.25, 0.3) is 0 Å². The lowest BCUT2D eigenvalue weighted by atomic mass is 10.1. The minimum absolute atomic E-state index is 0.911. The Kier molecular flexibility index (Phi) is 1.99. The van der Waals surface area contributed by atoms with Crippen LogP contribution in [0.5, 0.6) is 0 Å². The van der Waals surface area contributed by atoms with Crippen molar-refractivity contribution in [2.45, 2.75) is 38.5 Å². The first-order valence-electron chi connectivity index (χ1n) is 4.42. The molecule has 0 bridgehead atoms. The fourth-order valence-electron chi connectivity index (χ4n) is 1.88. The van der Waals surface area contributed by atoms with Crippen molar-refractivity contribution in [3.63, 3.8) is 0 Å². The normalized spacial score (nSPS) is 19.4. The summed E-state index contributed by atoms with van der Waals surface area (Å²) in [7, 11) is 0. The number of hydrogen-bond acceptors (Lipinski definition) is 1. The van der Waals surface area contributed by atoms with Crippen LogP contribution < -0.4 is 0 Å². The van der Waals surface area contributed by atoms with Crippen LogP contribution in [0.2, 0.25) is 0 Å². The molecule has 0 radical (unpaired) electrons. The van der Waals surface area contributed by atoms with Crippen molar-refractivity contribution in [2.24, 2.45) is 0 Å². The van der Waals surface area contributed by atoms with Crippen LogP contribution in [-0.4, -0.2) is 0 Å². The second-order valence-corrected chi connectivity index (χ2v) is 4.75. The van der Waals surface area contributed by atoms with Gasteiger partial charge in [-0.15, -0.1) is 11.3 Å². The van der Waals surface area contributed by atoms with E-state index >= 15 is 0 Å². The van der Waals surface area contributed by atoms with Gasteiger partial charge in [0.2, 0.25) is 0 Å². The van der Waals surface area contributed by atoms with Crippen LogP contribution in [0.3, 0.4) is 0 Å². The molecular weight excluding hydrogens is 152 g/mol. The van der Waals surface area contributed by atoms with E-state index in [4.69, 9.17) is 0 Å². The number of aryl methyl sites for hydroxylation is 1. The van der Waals surface area contributed by atoms with E-state index in [9.17, 15) is 0 Å². The maximum atomic E-state index is 2.32. The van der Waals surface area contributed by atoms with Crippen molar-refractivity contribution in [3.05, 3.63) is 21.9 Å². The van der Waals surface area contributed by atoms with Gasteiger partial charge in [-0.05, 0) is 37.8 Å². The molecule has 1 fully saturated rings. The van der Waals surface area contributed by atoms with Crippen LogP contribution in [-0.2, 0) is 0 Å². The smallest absolute Gasteiger partial charge is 0.00790 e. The molecule has 2 rings (SSSR count). The fourth-order valence-corrected chi connectivity index (χ4v) is 2.93. The summed E-state index contributed by atoms with van der Waals surface area (Å²) in [5.74, 6) is 0.911. The summed E-state index contributed by atoms with van der Waals surface area (Å²) < 4.78 is 0. The highest BCUT2D eigenvalue weighted by Gasteiger charge is 2.17. The van der Waals surface area contributed by atoms with Crippen LogP contribution in [0, 0.1) is 6.92 Å². The Balaban J connectivity index is 2.15. The van der Waals surface area contributed by atoms with Crippen molar-refractivity contribution in [2.75, 3.05) is 0 Å². The van der Waals surface area contributed by atoms with Crippen molar-refractivity contribution >= 4 is 11.3 Å². The van der Waals surface area contributed by atoms with E-state index in [1.807, 2.05) is 11.3 Å². The summed E-state index contributed by atoms with van der Waals surface area (Å²) in [5.41, 5.74) is 0. The van der Waals surface area contributed by atoms with E-state index in [1.165, 1.54) is 30.6 Å². The van der Waals surface area contributed by atoms with Gasteiger partial charge in [0.1, 0.15) is 0 Å².